The van der Waals surface area contributed by atoms with E-state index in [0.29, 0.717) is 18.4 Å². The van der Waals surface area contributed by atoms with Crippen molar-refractivity contribution in [1.82, 2.24) is 4.90 Å². The lowest BCUT2D eigenvalue weighted by atomic mass is 9.74. The van der Waals surface area contributed by atoms with Crippen LogP contribution in [0.1, 0.15) is 42.9 Å². The number of nitriles is 1. The largest absolute Gasteiger partial charge is 0.492 e. The fourth-order valence-corrected chi connectivity index (χ4v) is 5.87. The Balaban J connectivity index is 1.23. The number of rotatable bonds is 5. The quantitative estimate of drug-likeness (QED) is 0.697. The summed E-state index contributed by atoms with van der Waals surface area (Å²) in [6.45, 7) is 7.33. The minimum absolute atomic E-state index is 0.180. The van der Waals surface area contributed by atoms with Gasteiger partial charge in [-0.3, -0.25) is 0 Å². The van der Waals surface area contributed by atoms with Crippen LogP contribution in [0.2, 0.25) is 0 Å². The number of likely N-dealkylation sites (tertiary alicyclic amines) is 1. The molecule has 2 aromatic rings. The zero-order valence-electron chi connectivity index (χ0n) is 17.5. The van der Waals surface area contributed by atoms with Gasteiger partial charge >= 0.3 is 0 Å². The molecule has 3 heterocycles. The SMILES string of the molecule is CC12CN(CCCOc3ccc(F)cc3C#N)CCC1N1CCCc3cccc2c31. The second-order valence-corrected chi connectivity index (χ2v) is 9.06. The highest BCUT2D eigenvalue weighted by Gasteiger charge is 2.51. The van der Waals surface area contributed by atoms with E-state index in [1.165, 1.54) is 54.8 Å². The smallest absolute Gasteiger partial charge is 0.137 e. The highest BCUT2D eigenvalue weighted by Crippen LogP contribution is 2.51. The highest BCUT2D eigenvalue weighted by molar-refractivity contribution is 5.70. The summed E-state index contributed by atoms with van der Waals surface area (Å²) in [6.07, 6.45) is 4.55. The van der Waals surface area contributed by atoms with Crippen molar-refractivity contribution in [2.24, 2.45) is 0 Å². The number of piperidine rings is 1. The molecule has 0 aromatic heterocycles. The molecule has 156 valence electrons. The second kappa shape index (κ2) is 7.59. The van der Waals surface area contributed by atoms with Crippen molar-refractivity contribution in [3.63, 3.8) is 0 Å². The standard InChI is InChI=1S/C25H28FN3O/c1-25-17-28(11-4-14-30-22-9-8-20(26)15-19(22)16-27)13-10-23(25)29-12-3-6-18-5-2-7-21(25)24(18)29/h2,5,7-9,15,23H,3-4,6,10-14,17H2,1H3. The van der Waals surface area contributed by atoms with Crippen LogP contribution in [0.5, 0.6) is 5.75 Å². The van der Waals surface area contributed by atoms with Gasteiger partial charge in [-0.2, -0.15) is 5.26 Å². The lowest BCUT2D eigenvalue weighted by Gasteiger charge is -2.46. The van der Waals surface area contributed by atoms with Gasteiger partial charge < -0.3 is 14.5 Å². The molecule has 5 heteroatoms. The number of nitrogens with zero attached hydrogens (tertiary/aromatic N) is 3. The molecule has 1 fully saturated rings. The summed E-state index contributed by atoms with van der Waals surface area (Å²) < 4.78 is 19.1. The van der Waals surface area contributed by atoms with Crippen LogP contribution in [-0.2, 0) is 11.8 Å². The van der Waals surface area contributed by atoms with Gasteiger partial charge in [0.1, 0.15) is 17.6 Å². The molecular weight excluding hydrogens is 377 g/mol. The predicted octanol–water partition coefficient (Wildman–Crippen LogP) is 4.26. The Kier molecular flexibility index (Phi) is 4.91. The molecule has 0 radical (unpaired) electrons. The van der Waals surface area contributed by atoms with E-state index in [-0.39, 0.29) is 11.0 Å². The zero-order valence-corrected chi connectivity index (χ0v) is 17.5. The fourth-order valence-electron chi connectivity index (χ4n) is 5.87. The lowest BCUT2D eigenvalue weighted by molar-refractivity contribution is 0.133. The number of benzene rings is 2. The normalized spacial score (nSPS) is 24.8. The molecular formula is C25H28FN3O. The van der Waals surface area contributed by atoms with Crippen LogP contribution in [0, 0.1) is 17.1 Å². The Hall–Kier alpha value is -2.58. The molecule has 5 rings (SSSR count). The van der Waals surface area contributed by atoms with Crippen LogP contribution in [-0.4, -0.2) is 43.7 Å². The Morgan fingerprint density at radius 2 is 2.17 bits per heavy atom. The first kappa shape index (κ1) is 19.4. The minimum atomic E-state index is -0.409. The van der Waals surface area contributed by atoms with E-state index in [1.807, 2.05) is 6.07 Å². The highest BCUT2D eigenvalue weighted by atomic mass is 19.1. The third kappa shape index (κ3) is 3.15. The van der Waals surface area contributed by atoms with Gasteiger partial charge in [0.2, 0.25) is 0 Å². The minimum Gasteiger partial charge on any atom is -0.492 e. The van der Waals surface area contributed by atoms with Gasteiger partial charge in [-0.1, -0.05) is 25.1 Å². The van der Waals surface area contributed by atoms with Gasteiger partial charge in [0.15, 0.2) is 0 Å². The Bertz CT molecular complexity index is 1000. The Morgan fingerprint density at radius 3 is 3.03 bits per heavy atom. The average Bonchev–Trinajstić information content (AvgIpc) is 3.02. The van der Waals surface area contributed by atoms with Gasteiger partial charge in [0, 0.05) is 43.3 Å². The molecule has 30 heavy (non-hydrogen) atoms. The van der Waals surface area contributed by atoms with E-state index >= 15 is 0 Å². The molecule has 3 aliphatic heterocycles. The number of fused-ring (bicyclic) bond motifs is 3. The third-order valence-electron chi connectivity index (χ3n) is 7.19. The fraction of sp³-hybridized carbons (Fsp3) is 0.480. The summed E-state index contributed by atoms with van der Waals surface area (Å²) in [5.74, 6) is 0.0591. The number of anilines is 1. The molecule has 4 nitrogen and oxygen atoms in total. The van der Waals surface area contributed by atoms with Crippen LogP contribution in [0.3, 0.4) is 0 Å². The predicted molar refractivity (Wildman–Crippen MR) is 116 cm³/mol. The second-order valence-electron chi connectivity index (χ2n) is 9.06. The first-order chi connectivity index (χ1) is 14.6. The maximum absolute atomic E-state index is 13.3. The molecule has 3 aliphatic rings. The zero-order chi connectivity index (χ0) is 20.7. The van der Waals surface area contributed by atoms with Crippen molar-refractivity contribution in [3.8, 4) is 11.8 Å². The molecule has 0 aliphatic carbocycles. The summed E-state index contributed by atoms with van der Waals surface area (Å²) >= 11 is 0. The van der Waals surface area contributed by atoms with Crippen molar-refractivity contribution in [2.45, 2.75) is 44.1 Å². The van der Waals surface area contributed by atoms with Crippen molar-refractivity contribution in [2.75, 3.05) is 37.7 Å². The average molecular weight is 406 g/mol. The van der Waals surface area contributed by atoms with E-state index in [1.54, 1.807) is 6.07 Å². The van der Waals surface area contributed by atoms with E-state index < -0.39 is 5.82 Å². The lowest BCUT2D eigenvalue weighted by Crippen LogP contribution is -2.56. The Morgan fingerprint density at radius 1 is 1.27 bits per heavy atom. The van der Waals surface area contributed by atoms with Gasteiger partial charge in [-0.05, 0) is 55.0 Å². The number of hydrogen-bond acceptors (Lipinski definition) is 4. The molecule has 2 atom stereocenters. The van der Waals surface area contributed by atoms with Gasteiger partial charge in [0.05, 0.1) is 12.2 Å². The summed E-state index contributed by atoms with van der Waals surface area (Å²) in [5, 5.41) is 9.16. The van der Waals surface area contributed by atoms with Crippen molar-refractivity contribution < 1.29 is 9.13 Å². The summed E-state index contributed by atoms with van der Waals surface area (Å²) in [5.41, 5.74) is 5.03. The van der Waals surface area contributed by atoms with E-state index in [2.05, 4.69) is 34.9 Å². The molecule has 2 aromatic carbocycles. The first-order valence-electron chi connectivity index (χ1n) is 11.0. The van der Waals surface area contributed by atoms with E-state index in [9.17, 15) is 4.39 Å². The van der Waals surface area contributed by atoms with Gasteiger partial charge in [0.25, 0.3) is 0 Å². The van der Waals surface area contributed by atoms with Crippen molar-refractivity contribution in [1.29, 1.82) is 5.26 Å². The van der Waals surface area contributed by atoms with Crippen LogP contribution < -0.4 is 9.64 Å². The molecule has 0 N–H and O–H groups in total. The molecule has 0 bridgehead atoms. The van der Waals surface area contributed by atoms with Crippen LogP contribution >= 0.6 is 0 Å². The summed E-state index contributed by atoms with van der Waals surface area (Å²) in [4.78, 5) is 5.26. The van der Waals surface area contributed by atoms with Crippen LogP contribution in [0.15, 0.2) is 36.4 Å². The molecule has 2 unspecified atom stereocenters. The van der Waals surface area contributed by atoms with E-state index in [4.69, 9.17) is 10.00 Å². The van der Waals surface area contributed by atoms with Gasteiger partial charge in [-0.25, -0.2) is 4.39 Å². The summed E-state index contributed by atoms with van der Waals surface area (Å²) in [7, 11) is 0. The molecule has 1 saturated heterocycles. The summed E-state index contributed by atoms with van der Waals surface area (Å²) in [6, 6.07) is 13.6. The Labute approximate surface area is 177 Å². The number of hydrogen-bond donors (Lipinski definition) is 0. The monoisotopic (exact) mass is 405 g/mol. The van der Waals surface area contributed by atoms with E-state index in [0.717, 1.165) is 26.1 Å². The van der Waals surface area contributed by atoms with Crippen molar-refractivity contribution >= 4 is 5.69 Å². The third-order valence-corrected chi connectivity index (χ3v) is 7.19. The first-order valence-corrected chi connectivity index (χ1v) is 11.0. The number of ether oxygens (including phenoxy) is 1. The molecule has 0 amide bonds. The molecule has 0 saturated carbocycles. The number of para-hydroxylation sites is 1. The number of halogens is 1. The van der Waals surface area contributed by atoms with Crippen molar-refractivity contribution in [3.05, 3.63) is 58.9 Å². The number of aryl methyl sites for hydroxylation is 1. The van der Waals surface area contributed by atoms with Crippen LogP contribution in [0.25, 0.3) is 0 Å². The maximum Gasteiger partial charge on any atom is 0.137 e. The van der Waals surface area contributed by atoms with Gasteiger partial charge in [-0.15, -0.1) is 0 Å². The molecule has 0 spiro atoms. The van der Waals surface area contributed by atoms with Crippen LogP contribution in [0.4, 0.5) is 10.1 Å². The maximum atomic E-state index is 13.3. The topological polar surface area (TPSA) is 39.5 Å².